The van der Waals surface area contributed by atoms with Crippen LogP contribution in [0.25, 0.3) is 26.8 Å². The molecule has 0 bridgehead atoms. The number of hydrogen-bond acceptors (Lipinski definition) is 6. The second kappa shape index (κ2) is 5.19. The summed E-state index contributed by atoms with van der Waals surface area (Å²) in [5, 5.41) is 10.0. The zero-order valence-electron chi connectivity index (χ0n) is 10.7. The summed E-state index contributed by atoms with van der Waals surface area (Å²) in [5.74, 6) is 0. The van der Waals surface area contributed by atoms with Crippen molar-refractivity contribution in [1.29, 1.82) is 0 Å². The summed E-state index contributed by atoms with van der Waals surface area (Å²) in [6.07, 6.45) is 12.0. The van der Waals surface area contributed by atoms with E-state index in [2.05, 4.69) is 26.2 Å². The van der Waals surface area contributed by atoms with Gasteiger partial charge in [0.05, 0.1) is 16.8 Å². The normalized spacial score (nSPS) is 10.9. The molecular formula is C14H8N5S2. The molecule has 4 heterocycles. The van der Waals surface area contributed by atoms with E-state index in [0.29, 0.717) is 0 Å². The van der Waals surface area contributed by atoms with Crippen molar-refractivity contribution in [2.45, 2.75) is 0 Å². The van der Waals surface area contributed by atoms with Crippen LogP contribution in [0.5, 0.6) is 0 Å². The average molecular weight is 310 g/mol. The number of thiazole rings is 2. The third kappa shape index (κ3) is 2.16. The van der Waals surface area contributed by atoms with Crippen LogP contribution in [0.1, 0.15) is 0 Å². The SMILES string of the molecule is [c]1ncc(-c2nccs2)c(-n2cccn2)c1-c1nccs1. The zero-order chi connectivity index (χ0) is 14.1. The molecule has 0 aliphatic heterocycles. The average Bonchev–Trinajstić information content (AvgIpc) is 3.28. The molecule has 0 fully saturated rings. The molecule has 4 aromatic rings. The summed E-state index contributed by atoms with van der Waals surface area (Å²) < 4.78 is 1.81. The Labute approximate surface area is 128 Å². The summed E-state index contributed by atoms with van der Waals surface area (Å²) in [6.45, 7) is 0. The summed E-state index contributed by atoms with van der Waals surface area (Å²) in [4.78, 5) is 13.0. The second-order valence-electron chi connectivity index (χ2n) is 4.13. The molecule has 101 valence electrons. The van der Waals surface area contributed by atoms with Crippen LogP contribution >= 0.6 is 22.7 Å². The van der Waals surface area contributed by atoms with Gasteiger partial charge in [-0.2, -0.15) is 5.10 Å². The van der Waals surface area contributed by atoms with Gasteiger partial charge in [-0.3, -0.25) is 4.98 Å². The van der Waals surface area contributed by atoms with Gasteiger partial charge in [-0.15, -0.1) is 22.7 Å². The molecule has 0 unspecified atom stereocenters. The van der Waals surface area contributed by atoms with Crippen molar-refractivity contribution >= 4 is 22.7 Å². The first-order chi connectivity index (χ1) is 10.4. The molecule has 5 nitrogen and oxygen atoms in total. The van der Waals surface area contributed by atoms with Gasteiger partial charge in [0.2, 0.25) is 0 Å². The molecule has 0 saturated heterocycles. The van der Waals surface area contributed by atoms with Crippen molar-refractivity contribution in [3.8, 4) is 26.8 Å². The standard InChI is InChI=1S/C14H8N5S2/c1-2-18-19(5-1)12-10(13-16-3-6-20-13)8-15-9-11(12)14-17-4-7-21-14/h1-8H. The van der Waals surface area contributed by atoms with E-state index in [9.17, 15) is 0 Å². The van der Waals surface area contributed by atoms with Crippen LogP contribution in [0.4, 0.5) is 0 Å². The summed E-state index contributed by atoms with van der Waals surface area (Å²) in [6, 6.07) is 1.89. The Kier molecular flexibility index (Phi) is 3.06. The van der Waals surface area contributed by atoms with Crippen molar-refractivity contribution in [3.05, 3.63) is 54.0 Å². The summed E-state index contributed by atoms with van der Waals surface area (Å²) in [7, 11) is 0. The lowest BCUT2D eigenvalue weighted by molar-refractivity contribution is 0.880. The molecule has 0 amide bonds. The number of rotatable bonds is 3. The minimum absolute atomic E-state index is 0.835. The number of nitrogens with zero attached hydrogens (tertiary/aromatic N) is 5. The van der Waals surface area contributed by atoms with Crippen molar-refractivity contribution in [2.24, 2.45) is 0 Å². The van der Waals surface area contributed by atoms with Crippen LogP contribution < -0.4 is 0 Å². The maximum Gasteiger partial charge on any atom is 0.127 e. The largest absolute Gasteiger partial charge is 0.253 e. The van der Waals surface area contributed by atoms with Crippen LogP contribution in [0, 0.1) is 6.20 Å². The molecule has 4 rings (SSSR count). The Hall–Kier alpha value is -2.38. The monoisotopic (exact) mass is 310 g/mol. The van der Waals surface area contributed by atoms with Gasteiger partial charge in [0.15, 0.2) is 0 Å². The third-order valence-electron chi connectivity index (χ3n) is 2.90. The van der Waals surface area contributed by atoms with Crippen LogP contribution in [-0.2, 0) is 0 Å². The smallest absolute Gasteiger partial charge is 0.127 e. The predicted octanol–water partition coefficient (Wildman–Crippen LogP) is 3.31. The van der Waals surface area contributed by atoms with E-state index in [-0.39, 0.29) is 0 Å². The fourth-order valence-corrected chi connectivity index (χ4v) is 3.34. The Bertz CT molecular complexity index is 783. The van der Waals surface area contributed by atoms with Crippen LogP contribution in [0.15, 0.2) is 47.8 Å². The highest BCUT2D eigenvalue weighted by molar-refractivity contribution is 7.13. The quantitative estimate of drug-likeness (QED) is 0.582. The molecule has 4 aromatic heterocycles. The maximum absolute atomic E-state index is 4.39. The first-order valence-corrected chi connectivity index (χ1v) is 7.90. The molecule has 0 aromatic carbocycles. The highest BCUT2D eigenvalue weighted by Gasteiger charge is 2.18. The Balaban J connectivity index is 2.03. The van der Waals surface area contributed by atoms with Crippen molar-refractivity contribution in [2.75, 3.05) is 0 Å². The lowest BCUT2D eigenvalue weighted by atomic mass is 10.1. The first kappa shape index (κ1) is 12.4. The molecule has 7 heteroatoms. The molecule has 0 saturated carbocycles. The minimum Gasteiger partial charge on any atom is -0.253 e. The van der Waals surface area contributed by atoms with Gasteiger partial charge >= 0.3 is 0 Å². The predicted molar refractivity (Wildman–Crippen MR) is 82.4 cm³/mol. The van der Waals surface area contributed by atoms with Crippen LogP contribution in [-0.4, -0.2) is 24.7 Å². The molecule has 0 N–H and O–H groups in total. The number of aromatic nitrogens is 5. The van der Waals surface area contributed by atoms with Crippen molar-refractivity contribution < 1.29 is 0 Å². The van der Waals surface area contributed by atoms with Crippen molar-refractivity contribution in [3.63, 3.8) is 0 Å². The highest BCUT2D eigenvalue weighted by Crippen LogP contribution is 2.35. The first-order valence-electron chi connectivity index (χ1n) is 6.14. The fourth-order valence-electron chi connectivity index (χ4n) is 2.06. The summed E-state index contributed by atoms with van der Waals surface area (Å²) in [5.41, 5.74) is 2.67. The number of hydrogen-bond donors (Lipinski definition) is 0. The lowest BCUT2D eigenvalue weighted by Crippen LogP contribution is -2.01. The van der Waals surface area contributed by atoms with E-state index in [1.54, 1.807) is 47.5 Å². The van der Waals surface area contributed by atoms with Gasteiger partial charge in [0, 0.05) is 41.7 Å². The maximum atomic E-state index is 4.39. The van der Waals surface area contributed by atoms with E-state index < -0.39 is 0 Å². The Morgan fingerprint density at radius 1 is 1.00 bits per heavy atom. The minimum atomic E-state index is 0.835. The Morgan fingerprint density at radius 2 is 1.81 bits per heavy atom. The lowest BCUT2D eigenvalue weighted by Gasteiger charge is -2.11. The molecule has 0 aliphatic rings. The Morgan fingerprint density at radius 3 is 2.48 bits per heavy atom. The molecular weight excluding hydrogens is 302 g/mol. The topological polar surface area (TPSA) is 56.5 Å². The van der Waals surface area contributed by atoms with Gasteiger partial charge in [0.25, 0.3) is 0 Å². The van der Waals surface area contributed by atoms with Gasteiger partial charge in [-0.1, -0.05) is 0 Å². The van der Waals surface area contributed by atoms with Gasteiger partial charge in [-0.25, -0.2) is 14.6 Å². The van der Waals surface area contributed by atoms with Crippen LogP contribution in [0.2, 0.25) is 0 Å². The number of pyridine rings is 1. The molecule has 0 spiro atoms. The second-order valence-corrected chi connectivity index (χ2v) is 5.92. The fraction of sp³-hybridized carbons (Fsp3) is 0. The van der Waals surface area contributed by atoms with Gasteiger partial charge in [-0.05, 0) is 6.07 Å². The van der Waals surface area contributed by atoms with Crippen LogP contribution in [0.3, 0.4) is 0 Å². The molecule has 21 heavy (non-hydrogen) atoms. The van der Waals surface area contributed by atoms with E-state index in [1.807, 2.05) is 27.7 Å². The highest BCUT2D eigenvalue weighted by atomic mass is 32.1. The summed E-state index contributed by atoms with van der Waals surface area (Å²) >= 11 is 3.12. The van der Waals surface area contributed by atoms with E-state index in [4.69, 9.17) is 0 Å². The third-order valence-corrected chi connectivity index (χ3v) is 4.50. The van der Waals surface area contributed by atoms with Gasteiger partial charge < -0.3 is 0 Å². The zero-order valence-corrected chi connectivity index (χ0v) is 12.3. The molecule has 0 aliphatic carbocycles. The molecule has 0 atom stereocenters. The van der Waals surface area contributed by atoms with Gasteiger partial charge in [0.1, 0.15) is 16.2 Å². The van der Waals surface area contributed by atoms with Crippen molar-refractivity contribution in [1.82, 2.24) is 24.7 Å². The van der Waals surface area contributed by atoms with E-state index in [0.717, 1.165) is 26.8 Å². The van der Waals surface area contributed by atoms with E-state index in [1.165, 1.54) is 0 Å². The van der Waals surface area contributed by atoms with E-state index >= 15 is 0 Å². The molecule has 1 radical (unpaired) electrons.